The predicted molar refractivity (Wildman–Crippen MR) is 213 cm³/mol. The number of carbonyl (C=O) groups is 7. The van der Waals surface area contributed by atoms with Crippen molar-refractivity contribution in [2.75, 3.05) is 54.5 Å². The lowest BCUT2D eigenvalue weighted by Gasteiger charge is -2.30. The van der Waals surface area contributed by atoms with Crippen LogP contribution in [0.5, 0.6) is 0 Å². The van der Waals surface area contributed by atoms with E-state index in [9.17, 15) is 42.7 Å². The maximum atomic E-state index is 15.5. The van der Waals surface area contributed by atoms with Gasteiger partial charge in [-0.3, -0.25) is 51.4 Å². The van der Waals surface area contributed by atoms with Crippen molar-refractivity contribution >= 4 is 56.8 Å². The Morgan fingerprint density at radius 3 is 1.68 bits per heavy atom. The number of likely N-dealkylation sites (tertiary alicyclic amines) is 2. The predicted octanol–water partition coefficient (Wildman–Crippen LogP) is 6.80. The third-order valence-electron chi connectivity index (χ3n) is 10.5. The summed E-state index contributed by atoms with van der Waals surface area (Å²) in [6.45, 7) is 8.57. The third-order valence-corrected chi connectivity index (χ3v) is 14.5. The number of esters is 4. The molecule has 2 saturated heterocycles. The van der Waals surface area contributed by atoms with Gasteiger partial charge in [0.05, 0.1) is 25.0 Å². The minimum Gasteiger partial charge on any atom is -0.467 e. The van der Waals surface area contributed by atoms with Crippen molar-refractivity contribution in [3.63, 3.8) is 0 Å². The summed E-state index contributed by atoms with van der Waals surface area (Å²) in [4.78, 5) is 91.0. The summed E-state index contributed by atoms with van der Waals surface area (Å²) >= 11 is 0. The molecule has 63 heavy (non-hydrogen) atoms. The topological polar surface area (TPSA) is 252 Å². The van der Waals surface area contributed by atoms with Crippen molar-refractivity contribution in [3.05, 3.63) is 0 Å². The van der Waals surface area contributed by atoms with E-state index in [2.05, 4.69) is 4.74 Å². The van der Waals surface area contributed by atoms with Gasteiger partial charge in [-0.25, -0.2) is 19.2 Å². The Labute approximate surface area is 365 Å². The normalized spacial score (nSPS) is 21.0. The number of nitrogens with zero attached hydrogens (tertiary/aromatic N) is 2. The average molecular weight is 951 g/mol. The van der Waals surface area contributed by atoms with Crippen LogP contribution in [0.4, 0.5) is 18.4 Å². The van der Waals surface area contributed by atoms with Gasteiger partial charge in [-0.2, -0.15) is 8.78 Å². The van der Waals surface area contributed by atoms with E-state index in [1.807, 2.05) is 0 Å². The van der Waals surface area contributed by atoms with Crippen molar-refractivity contribution in [1.29, 1.82) is 0 Å². The summed E-state index contributed by atoms with van der Waals surface area (Å²) in [7, 11) is -8.04. The quantitative estimate of drug-likeness (QED) is 0.0441. The number of hydrogen-bond donors (Lipinski definition) is 0. The fourth-order valence-corrected chi connectivity index (χ4v) is 9.26. The second-order valence-corrected chi connectivity index (χ2v) is 20.8. The Morgan fingerprint density at radius 2 is 1.19 bits per heavy atom. The Morgan fingerprint density at radius 1 is 0.698 bits per heavy atom. The highest BCUT2D eigenvalue weighted by atomic mass is 31.2. The van der Waals surface area contributed by atoms with Crippen LogP contribution < -0.4 is 0 Å². The van der Waals surface area contributed by atoms with Gasteiger partial charge < -0.3 is 28.4 Å². The van der Waals surface area contributed by atoms with Crippen molar-refractivity contribution in [2.45, 2.75) is 119 Å². The molecule has 0 N–H and O–H groups in total. The summed E-state index contributed by atoms with van der Waals surface area (Å²) in [5.41, 5.74) is -7.41. The Balaban J connectivity index is 2.11. The van der Waals surface area contributed by atoms with Gasteiger partial charge in [0.25, 0.3) is 0 Å². The van der Waals surface area contributed by atoms with Crippen molar-refractivity contribution < 1.29 is 98.0 Å². The van der Waals surface area contributed by atoms with Crippen LogP contribution in [0, 0.1) is 28.6 Å². The molecule has 0 saturated carbocycles. The summed E-state index contributed by atoms with van der Waals surface area (Å²) in [6.07, 6.45) is -1.75. The number of halogens is 2. The van der Waals surface area contributed by atoms with Gasteiger partial charge in [-0.15, -0.1) is 0 Å². The molecule has 0 bridgehead atoms. The largest absolute Gasteiger partial charge is 0.467 e. The highest BCUT2D eigenvalue weighted by Crippen LogP contribution is 2.65. The first-order valence-electron chi connectivity index (χ1n) is 20.2. The molecule has 0 aliphatic carbocycles. The third kappa shape index (κ3) is 14.6. The van der Waals surface area contributed by atoms with Crippen LogP contribution in [0.3, 0.4) is 0 Å². The molecule has 362 valence electrons. The van der Waals surface area contributed by atoms with E-state index in [1.54, 1.807) is 27.7 Å². The molecule has 21 nitrogen and oxygen atoms in total. The molecule has 0 aromatic rings. The van der Waals surface area contributed by atoms with E-state index in [0.29, 0.717) is 6.42 Å². The zero-order valence-electron chi connectivity index (χ0n) is 37.7. The van der Waals surface area contributed by atoms with E-state index in [-0.39, 0.29) is 45.2 Å². The first-order chi connectivity index (χ1) is 29.2. The molecule has 0 radical (unpaired) electrons. The zero-order chi connectivity index (χ0) is 48.1. The molecule has 2 heterocycles. The van der Waals surface area contributed by atoms with Gasteiger partial charge in [0.1, 0.15) is 12.1 Å². The van der Waals surface area contributed by atoms with Gasteiger partial charge in [-0.05, 0) is 79.1 Å². The number of amides is 2. The number of alkyl halides is 2. The maximum Gasteiger partial charge on any atom is 0.412 e. The highest BCUT2D eigenvalue weighted by molar-refractivity contribution is 7.71. The summed E-state index contributed by atoms with van der Waals surface area (Å²) in [6, 6.07) is -2.27. The molecule has 25 heteroatoms. The molecule has 6 unspecified atom stereocenters. The van der Waals surface area contributed by atoms with Crippen LogP contribution in [-0.4, -0.2) is 124 Å². The van der Waals surface area contributed by atoms with Gasteiger partial charge in [0.15, 0.2) is 0 Å². The zero-order valence-corrected chi connectivity index (χ0v) is 39.5. The van der Waals surface area contributed by atoms with Crippen molar-refractivity contribution in [3.8, 4) is 0 Å². The lowest BCUT2D eigenvalue weighted by molar-refractivity contribution is -0.164. The first-order valence-corrected chi connectivity index (χ1v) is 23.3. The Hall–Kier alpha value is -3.75. The van der Waals surface area contributed by atoms with E-state index in [4.69, 9.17) is 41.8 Å². The highest BCUT2D eigenvalue weighted by Gasteiger charge is 2.57. The molecule has 0 spiro atoms. The van der Waals surface area contributed by atoms with Gasteiger partial charge >= 0.3 is 56.9 Å². The standard InChI is InChI=1S/C38H62F2N2O19P2/c1-12-24(3)31(45)62(50,58-20-54-32(46)36(5,6)7)59-21-55-33(47)37(8,9)18-26-17-28(30(44)53-11)42(19-26)35(49)57-23-61-63(51,38(39,40)25(4)13-2)60-22-56-34(48)41-16-14-15-27(41)29(43)52-10/h24-28H,12-23H2,1-11H3/t24?,25?,26?,27?,28?,62-,63?/m0/s1. The lowest BCUT2D eigenvalue weighted by Crippen LogP contribution is -2.42. The number of methoxy groups -OCH3 is 2. The van der Waals surface area contributed by atoms with Gasteiger partial charge in [0, 0.05) is 24.9 Å². The molecule has 0 aromatic heterocycles. The number of rotatable bonds is 23. The molecule has 2 aliphatic heterocycles. The van der Waals surface area contributed by atoms with Gasteiger partial charge in [0.2, 0.25) is 32.7 Å². The van der Waals surface area contributed by atoms with Crippen LogP contribution in [0.15, 0.2) is 0 Å². The van der Waals surface area contributed by atoms with E-state index in [0.717, 1.165) is 30.9 Å². The minimum absolute atomic E-state index is 0.0387. The summed E-state index contributed by atoms with van der Waals surface area (Å²) in [5, 5.41) is 0. The molecule has 0 aromatic carbocycles. The molecule has 2 fully saturated rings. The fraction of sp³-hybridized carbons (Fsp3) is 0.816. The van der Waals surface area contributed by atoms with Gasteiger partial charge in [-0.1, -0.05) is 27.7 Å². The molecule has 7 atom stereocenters. The number of ether oxygens (including phenoxy) is 6. The minimum atomic E-state index is -5.58. The summed E-state index contributed by atoms with van der Waals surface area (Å²) in [5.74, 6) is -6.22. The van der Waals surface area contributed by atoms with Crippen molar-refractivity contribution in [1.82, 2.24) is 9.80 Å². The second-order valence-electron chi connectivity index (χ2n) is 16.7. The van der Waals surface area contributed by atoms with E-state index in [1.165, 1.54) is 27.7 Å². The maximum absolute atomic E-state index is 15.5. The molecular formula is C38H62F2N2O19P2. The molecule has 2 rings (SSSR count). The van der Waals surface area contributed by atoms with Crippen LogP contribution in [-0.2, 0) is 79.6 Å². The van der Waals surface area contributed by atoms with E-state index >= 15 is 8.78 Å². The average Bonchev–Trinajstić information content (AvgIpc) is 3.89. The Bertz CT molecular complexity index is 1740. The number of hydrogen-bond acceptors (Lipinski definition) is 19. The Kier molecular flexibility index (Phi) is 20.6. The van der Waals surface area contributed by atoms with Crippen LogP contribution >= 0.6 is 15.2 Å². The summed E-state index contributed by atoms with van der Waals surface area (Å²) < 4.78 is 108. The lowest BCUT2D eigenvalue weighted by atomic mass is 9.82. The monoisotopic (exact) mass is 950 g/mol. The van der Waals surface area contributed by atoms with E-state index < -0.39 is 130 Å². The van der Waals surface area contributed by atoms with Crippen LogP contribution in [0.25, 0.3) is 0 Å². The smallest absolute Gasteiger partial charge is 0.412 e. The fourth-order valence-electron chi connectivity index (χ4n) is 6.31. The second kappa shape index (κ2) is 23.4. The number of carbonyl (C=O) groups excluding carboxylic acids is 7. The molecular weight excluding hydrogens is 888 g/mol. The van der Waals surface area contributed by atoms with Crippen LogP contribution in [0.1, 0.15) is 101 Å². The molecule has 2 amide bonds. The SMILES string of the molecule is CCC(C)C(=O)[P@](=O)(OCOC(=O)C(C)(C)C)OCOC(=O)C(C)(C)CC1CC(C(=O)OC)N(C(=O)OCOP(=O)(OCOC(=O)N2CCCC2C(=O)OC)C(F)(F)C(C)CC)C1. The molecule has 2 aliphatic rings. The van der Waals surface area contributed by atoms with Crippen LogP contribution in [0.2, 0.25) is 0 Å². The first kappa shape index (κ1) is 55.4. The van der Waals surface area contributed by atoms with Crippen molar-refractivity contribution in [2.24, 2.45) is 28.6 Å².